The molecule has 5 N–H and O–H groups in total. The van der Waals surface area contributed by atoms with Crippen LogP contribution in [0.1, 0.15) is 41.9 Å². The molecule has 3 rings (SSSR count). The highest BCUT2D eigenvalue weighted by molar-refractivity contribution is 8.26. The van der Waals surface area contributed by atoms with Crippen molar-refractivity contribution in [3.8, 4) is 0 Å². The molecule has 3 aromatic rings. The fourth-order valence-corrected chi connectivity index (χ4v) is 4.38. The number of aryl methyl sites for hydroxylation is 1. The first-order valence-corrected chi connectivity index (χ1v) is 12.1. The molecule has 0 spiro atoms. The lowest BCUT2D eigenvalue weighted by atomic mass is 10.0. The fraction of sp³-hybridized carbons (Fsp3) is 0.217. The summed E-state index contributed by atoms with van der Waals surface area (Å²) in [6.07, 6.45) is -4.23. The number of alkyl halides is 3. The van der Waals surface area contributed by atoms with Gasteiger partial charge in [-0.3, -0.25) is 15.0 Å². The molecular weight excluding hydrogens is 499 g/mol. The number of nitrogens with zero attached hydrogens (tertiary/aromatic N) is 1. The van der Waals surface area contributed by atoms with Gasteiger partial charge in [-0.1, -0.05) is 12.5 Å². The van der Waals surface area contributed by atoms with Gasteiger partial charge in [0.05, 0.1) is 17.0 Å². The Hall–Kier alpha value is -3.38. The molecule has 2 amide bonds. The molecule has 0 fully saturated rings. The van der Waals surface area contributed by atoms with E-state index in [4.69, 9.17) is 11.1 Å². The van der Waals surface area contributed by atoms with Gasteiger partial charge in [-0.2, -0.15) is 18.2 Å². The summed E-state index contributed by atoms with van der Waals surface area (Å²) in [5.41, 5.74) is 9.76. The SMILES string of the molecule is CCC(C)=C(C(=O)Nc1cscc1C)c1cc2cc(C(=O)N=C(N)SC(=N)C(F)(F)F)ccc2[nH]1. The predicted molar refractivity (Wildman–Crippen MR) is 136 cm³/mol. The molecule has 1 aromatic carbocycles. The molecule has 0 saturated heterocycles. The van der Waals surface area contributed by atoms with Crippen molar-refractivity contribution in [2.24, 2.45) is 10.7 Å². The lowest BCUT2D eigenvalue weighted by Crippen LogP contribution is -2.23. The van der Waals surface area contributed by atoms with Crippen LogP contribution in [-0.4, -0.2) is 33.2 Å². The number of nitrogens with one attached hydrogen (secondary N) is 3. The van der Waals surface area contributed by atoms with Crippen LogP contribution in [0.5, 0.6) is 0 Å². The van der Waals surface area contributed by atoms with E-state index < -0.39 is 22.3 Å². The Balaban J connectivity index is 1.89. The molecule has 7 nitrogen and oxygen atoms in total. The number of rotatable bonds is 5. The minimum Gasteiger partial charge on any atom is -0.378 e. The molecule has 35 heavy (non-hydrogen) atoms. The quantitative estimate of drug-likeness (QED) is 0.184. The maximum absolute atomic E-state index is 13.1. The zero-order chi connectivity index (χ0) is 25.9. The number of fused-ring (bicyclic) bond motifs is 1. The van der Waals surface area contributed by atoms with E-state index >= 15 is 0 Å². The summed E-state index contributed by atoms with van der Waals surface area (Å²) in [6, 6.07) is 6.30. The van der Waals surface area contributed by atoms with Crippen LogP contribution in [0.25, 0.3) is 16.5 Å². The zero-order valence-electron chi connectivity index (χ0n) is 19.0. The number of hydrogen-bond acceptors (Lipinski definition) is 5. The smallest absolute Gasteiger partial charge is 0.378 e. The third kappa shape index (κ3) is 6.20. The summed E-state index contributed by atoms with van der Waals surface area (Å²) < 4.78 is 37.5. The first kappa shape index (κ1) is 26.2. The van der Waals surface area contributed by atoms with Gasteiger partial charge >= 0.3 is 6.18 Å². The molecule has 0 atom stereocenters. The Morgan fingerprint density at radius 1 is 1.26 bits per heavy atom. The number of allylic oxidation sites excluding steroid dienone is 1. The van der Waals surface area contributed by atoms with Gasteiger partial charge < -0.3 is 16.0 Å². The summed E-state index contributed by atoms with van der Waals surface area (Å²) in [6.45, 7) is 5.71. The highest BCUT2D eigenvalue weighted by Gasteiger charge is 2.35. The number of thioether (sulfide) groups is 1. The zero-order valence-corrected chi connectivity index (χ0v) is 20.6. The van der Waals surface area contributed by atoms with Crippen molar-refractivity contribution in [3.63, 3.8) is 0 Å². The predicted octanol–water partition coefficient (Wildman–Crippen LogP) is 6.09. The number of carbonyl (C=O) groups excluding carboxylic acids is 2. The average Bonchev–Trinajstić information content (AvgIpc) is 3.37. The molecular formula is C23H22F3N5O2S2. The lowest BCUT2D eigenvalue weighted by Gasteiger charge is -2.11. The van der Waals surface area contributed by atoms with Gasteiger partial charge in [0.25, 0.3) is 11.8 Å². The third-order valence-corrected chi connectivity index (χ3v) is 6.70. The van der Waals surface area contributed by atoms with E-state index in [0.29, 0.717) is 28.6 Å². The van der Waals surface area contributed by atoms with Gasteiger partial charge in [-0.05, 0) is 67.2 Å². The number of H-pyrrole nitrogens is 1. The molecule has 12 heteroatoms. The lowest BCUT2D eigenvalue weighted by molar-refractivity contribution is -0.111. The number of amides is 2. The minimum atomic E-state index is -4.87. The first-order chi connectivity index (χ1) is 16.4. The number of anilines is 1. The second-order valence-electron chi connectivity index (χ2n) is 7.60. The Kier molecular flexibility index (Phi) is 7.86. The highest BCUT2D eigenvalue weighted by Crippen LogP contribution is 2.29. The van der Waals surface area contributed by atoms with E-state index in [2.05, 4.69) is 15.3 Å². The van der Waals surface area contributed by atoms with Crippen LogP contribution in [-0.2, 0) is 4.79 Å². The van der Waals surface area contributed by atoms with Crippen molar-refractivity contribution in [2.45, 2.75) is 33.4 Å². The van der Waals surface area contributed by atoms with Gasteiger partial charge in [0.1, 0.15) is 0 Å². The topological polar surface area (TPSA) is 124 Å². The van der Waals surface area contributed by atoms with Gasteiger partial charge in [-0.15, -0.1) is 11.3 Å². The summed E-state index contributed by atoms with van der Waals surface area (Å²) in [5, 5.41) is 11.9. The molecule has 0 radical (unpaired) electrons. The van der Waals surface area contributed by atoms with E-state index in [-0.39, 0.29) is 23.2 Å². The molecule has 184 valence electrons. The number of nitrogens with two attached hydrogens (primary N) is 1. The van der Waals surface area contributed by atoms with E-state index in [9.17, 15) is 22.8 Å². The maximum atomic E-state index is 13.1. The van der Waals surface area contributed by atoms with Crippen LogP contribution in [0, 0.1) is 12.3 Å². The van der Waals surface area contributed by atoms with Gasteiger partial charge in [0.15, 0.2) is 10.2 Å². The summed E-state index contributed by atoms with van der Waals surface area (Å²) in [5.74, 6) is -1.11. The number of halogens is 3. The van der Waals surface area contributed by atoms with Crippen molar-refractivity contribution < 1.29 is 22.8 Å². The van der Waals surface area contributed by atoms with Crippen molar-refractivity contribution in [2.75, 3.05) is 5.32 Å². The fourth-order valence-electron chi connectivity index (χ4n) is 3.15. The molecule has 0 bridgehead atoms. The Bertz CT molecular complexity index is 1370. The van der Waals surface area contributed by atoms with Crippen molar-refractivity contribution >= 4 is 67.3 Å². The van der Waals surface area contributed by atoms with Crippen LogP contribution in [0.15, 0.2) is 45.6 Å². The van der Waals surface area contributed by atoms with Gasteiger partial charge in [0, 0.05) is 21.8 Å². The molecule has 0 unspecified atom stereocenters. The number of hydrogen-bond donors (Lipinski definition) is 4. The second-order valence-corrected chi connectivity index (χ2v) is 9.37. The number of carbonyl (C=O) groups is 2. The largest absolute Gasteiger partial charge is 0.439 e. The summed E-state index contributed by atoms with van der Waals surface area (Å²) >= 11 is 1.35. The molecule has 2 aromatic heterocycles. The molecule has 0 aliphatic rings. The normalized spacial score (nSPS) is 13.0. The number of aliphatic imine (C=N–C) groups is 1. The molecule has 0 saturated carbocycles. The Morgan fingerprint density at radius 2 is 1.97 bits per heavy atom. The van der Waals surface area contributed by atoms with Crippen LogP contribution in [0.2, 0.25) is 0 Å². The van der Waals surface area contributed by atoms with E-state index in [1.807, 2.05) is 31.5 Å². The first-order valence-electron chi connectivity index (χ1n) is 10.3. The number of aromatic amines is 1. The molecule has 0 aliphatic carbocycles. The van der Waals surface area contributed by atoms with Gasteiger partial charge in [-0.25, -0.2) is 0 Å². The van der Waals surface area contributed by atoms with Crippen LogP contribution < -0.4 is 11.1 Å². The van der Waals surface area contributed by atoms with Crippen LogP contribution >= 0.6 is 23.1 Å². The van der Waals surface area contributed by atoms with E-state index in [1.165, 1.54) is 23.5 Å². The highest BCUT2D eigenvalue weighted by atomic mass is 32.2. The number of thiophene rings is 1. The number of aromatic nitrogens is 1. The van der Waals surface area contributed by atoms with E-state index in [0.717, 1.165) is 16.8 Å². The Labute approximate surface area is 207 Å². The summed E-state index contributed by atoms with van der Waals surface area (Å²) in [4.78, 5) is 32.2. The van der Waals surface area contributed by atoms with Gasteiger partial charge in [0.2, 0.25) is 0 Å². The van der Waals surface area contributed by atoms with E-state index in [1.54, 1.807) is 12.1 Å². The standard InChI is InChI=1S/C23H22F3N5O2S2/c1-4-11(2)18(20(33)30-17-10-34-9-12(17)3)16-8-14-7-13(5-6-15(14)29-16)19(32)31-22(28)35-21(27)23(24,25)26/h5-10,27,29H,4H2,1-3H3,(H,30,33)(H2,28,31,32). The maximum Gasteiger partial charge on any atom is 0.439 e. The minimum absolute atomic E-state index is 0.0984. The molecule has 2 heterocycles. The Morgan fingerprint density at radius 3 is 2.57 bits per heavy atom. The summed E-state index contributed by atoms with van der Waals surface area (Å²) in [7, 11) is 0. The van der Waals surface area contributed by atoms with Crippen LogP contribution in [0.3, 0.4) is 0 Å². The average molecular weight is 522 g/mol. The van der Waals surface area contributed by atoms with Crippen LogP contribution in [0.4, 0.5) is 18.9 Å². The second kappa shape index (κ2) is 10.5. The monoisotopic (exact) mass is 521 g/mol. The molecule has 0 aliphatic heterocycles. The van der Waals surface area contributed by atoms with Crippen molar-refractivity contribution in [1.29, 1.82) is 5.41 Å². The van der Waals surface area contributed by atoms with Crippen molar-refractivity contribution in [1.82, 2.24) is 4.98 Å². The number of amidine groups is 1. The third-order valence-electron chi connectivity index (χ3n) is 5.10. The van der Waals surface area contributed by atoms with Crippen molar-refractivity contribution in [3.05, 3.63) is 57.4 Å². The number of benzene rings is 1.